The highest BCUT2D eigenvalue weighted by molar-refractivity contribution is 9.10. The Morgan fingerprint density at radius 2 is 1.78 bits per heavy atom. The second-order valence-electron chi connectivity index (χ2n) is 4.63. The van der Waals surface area contributed by atoms with Crippen molar-refractivity contribution in [3.8, 4) is 0 Å². The van der Waals surface area contributed by atoms with Crippen LogP contribution in [0.5, 0.6) is 0 Å². The fraction of sp³-hybridized carbons (Fsp3) is 0.0588. The summed E-state index contributed by atoms with van der Waals surface area (Å²) in [5.41, 5.74) is 1.33. The topological polar surface area (TPSA) is 58.2 Å². The van der Waals surface area contributed by atoms with Crippen molar-refractivity contribution in [3.63, 3.8) is 0 Å². The number of hydrogen-bond donors (Lipinski definition) is 2. The number of carbonyl (C=O) groups is 2. The van der Waals surface area contributed by atoms with E-state index in [0.717, 1.165) is 4.47 Å². The second kappa shape index (κ2) is 8.24. The first kappa shape index (κ1) is 16.9. The normalized spacial score (nSPS) is 10.5. The minimum atomic E-state index is -0.406. The third kappa shape index (κ3) is 5.67. The number of benzene rings is 2. The molecule has 0 saturated heterocycles. The highest BCUT2D eigenvalue weighted by atomic mass is 79.9. The highest BCUT2D eigenvalue weighted by Gasteiger charge is 2.05. The van der Waals surface area contributed by atoms with Gasteiger partial charge in [0.25, 0.3) is 0 Å². The number of hydrogen-bond acceptors (Lipinski definition) is 2. The molecule has 0 fully saturated rings. The predicted molar refractivity (Wildman–Crippen MR) is 91.2 cm³/mol. The maximum atomic E-state index is 12.8. The molecule has 6 heteroatoms. The van der Waals surface area contributed by atoms with Gasteiger partial charge in [0.2, 0.25) is 11.8 Å². The maximum absolute atomic E-state index is 12.8. The smallest absolute Gasteiger partial charge is 0.244 e. The average molecular weight is 377 g/mol. The molecule has 0 atom stereocenters. The molecule has 0 radical (unpaired) electrons. The number of halogens is 2. The van der Waals surface area contributed by atoms with E-state index < -0.39 is 5.91 Å². The Morgan fingerprint density at radius 1 is 1.09 bits per heavy atom. The Bertz CT molecular complexity index is 730. The van der Waals surface area contributed by atoms with Gasteiger partial charge in [-0.15, -0.1) is 0 Å². The van der Waals surface area contributed by atoms with E-state index in [1.165, 1.54) is 18.2 Å². The predicted octanol–water partition coefficient (Wildman–Crippen LogP) is 3.36. The van der Waals surface area contributed by atoms with Crippen molar-refractivity contribution >= 4 is 39.5 Å². The van der Waals surface area contributed by atoms with Gasteiger partial charge in [-0.2, -0.15) is 0 Å². The summed E-state index contributed by atoms with van der Waals surface area (Å²) in [6.07, 6.45) is 2.83. The zero-order valence-corrected chi connectivity index (χ0v) is 13.6. The molecule has 2 amide bonds. The standard InChI is InChI=1S/C17H14BrFN2O2/c18-14-3-1-2-4-15(14)21-17(23)11-20-16(22)10-7-12-5-8-13(19)9-6-12/h1-10H,11H2,(H,20,22)(H,21,23). The van der Waals surface area contributed by atoms with Crippen molar-refractivity contribution in [2.45, 2.75) is 0 Å². The Balaban J connectivity index is 1.81. The molecule has 0 aliphatic rings. The van der Waals surface area contributed by atoms with Crippen LogP contribution in [0.1, 0.15) is 5.56 Å². The lowest BCUT2D eigenvalue weighted by Crippen LogP contribution is -2.31. The van der Waals surface area contributed by atoms with Crippen LogP contribution in [0, 0.1) is 5.82 Å². The van der Waals surface area contributed by atoms with Crippen molar-refractivity contribution in [1.29, 1.82) is 0 Å². The van der Waals surface area contributed by atoms with E-state index >= 15 is 0 Å². The molecular formula is C17H14BrFN2O2. The molecule has 2 rings (SSSR count). The van der Waals surface area contributed by atoms with E-state index in [-0.39, 0.29) is 18.3 Å². The Hall–Kier alpha value is -2.47. The molecule has 0 bridgehead atoms. The summed E-state index contributed by atoms with van der Waals surface area (Å²) in [7, 11) is 0. The summed E-state index contributed by atoms with van der Waals surface area (Å²) in [5.74, 6) is -1.08. The quantitative estimate of drug-likeness (QED) is 0.786. The van der Waals surface area contributed by atoms with Gasteiger partial charge in [-0.1, -0.05) is 24.3 Å². The molecule has 0 aliphatic carbocycles. The van der Waals surface area contributed by atoms with E-state index in [1.807, 2.05) is 6.07 Å². The maximum Gasteiger partial charge on any atom is 0.244 e. The van der Waals surface area contributed by atoms with Crippen LogP contribution in [0.3, 0.4) is 0 Å². The Labute approximate surface area is 141 Å². The van der Waals surface area contributed by atoms with Crippen LogP contribution in [0.4, 0.5) is 10.1 Å². The van der Waals surface area contributed by atoms with Crippen molar-refractivity contribution in [2.24, 2.45) is 0 Å². The zero-order chi connectivity index (χ0) is 16.7. The number of rotatable bonds is 5. The van der Waals surface area contributed by atoms with Crippen molar-refractivity contribution in [3.05, 3.63) is 70.5 Å². The van der Waals surface area contributed by atoms with Crippen LogP contribution in [-0.2, 0) is 9.59 Å². The van der Waals surface area contributed by atoms with Gasteiger partial charge in [0.1, 0.15) is 5.82 Å². The average Bonchev–Trinajstić information content (AvgIpc) is 2.54. The molecule has 118 valence electrons. The minimum absolute atomic E-state index is 0.145. The summed E-state index contributed by atoms with van der Waals surface area (Å²) in [4.78, 5) is 23.4. The zero-order valence-electron chi connectivity index (χ0n) is 12.1. The first-order chi connectivity index (χ1) is 11.0. The SMILES string of the molecule is O=C(C=Cc1ccc(F)cc1)NCC(=O)Nc1ccccc1Br. The van der Waals surface area contributed by atoms with E-state index in [1.54, 1.807) is 36.4 Å². The van der Waals surface area contributed by atoms with Gasteiger partial charge >= 0.3 is 0 Å². The largest absolute Gasteiger partial charge is 0.343 e. The lowest BCUT2D eigenvalue weighted by atomic mass is 10.2. The third-order valence-corrected chi connectivity index (χ3v) is 3.56. The summed E-state index contributed by atoms with van der Waals surface area (Å²) in [6, 6.07) is 12.9. The molecule has 2 aromatic carbocycles. The van der Waals surface area contributed by atoms with Gasteiger partial charge in [0.15, 0.2) is 0 Å². The molecule has 0 spiro atoms. The lowest BCUT2D eigenvalue weighted by molar-refractivity contribution is -0.121. The van der Waals surface area contributed by atoms with E-state index in [4.69, 9.17) is 0 Å². The number of para-hydroxylation sites is 1. The molecule has 0 aromatic heterocycles. The summed E-state index contributed by atoms with van der Waals surface area (Å²) >= 11 is 3.32. The lowest BCUT2D eigenvalue weighted by Gasteiger charge is -2.07. The third-order valence-electron chi connectivity index (χ3n) is 2.87. The monoisotopic (exact) mass is 376 g/mol. The van der Waals surface area contributed by atoms with Crippen molar-refractivity contribution in [1.82, 2.24) is 5.32 Å². The molecule has 4 nitrogen and oxygen atoms in total. The fourth-order valence-corrected chi connectivity index (χ4v) is 2.11. The minimum Gasteiger partial charge on any atom is -0.343 e. The van der Waals surface area contributed by atoms with Crippen LogP contribution in [0.25, 0.3) is 6.08 Å². The van der Waals surface area contributed by atoms with Crippen molar-refractivity contribution in [2.75, 3.05) is 11.9 Å². The summed E-state index contributed by atoms with van der Waals surface area (Å²) in [5, 5.41) is 5.16. The van der Waals surface area contributed by atoms with Gasteiger partial charge in [0, 0.05) is 10.5 Å². The highest BCUT2D eigenvalue weighted by Crippen LogP contribution is 2.20. The summed E-state index contributed by atoms with van der Waals surface area (Å²) in [6.45, 7) is -0.145. The van der Waals surface area contributed by atoms with Gasteiger partial charge in [0.05, 0.1) is 12.2 Å². The van der Waals surface area contributed by atoms with E-state index in [9.17, 15) is 14.0 Å². The fourth-order valence-electron chi connectivity index (χ4n) is 1.73. The molecule has 2 aromatic rings. The molecule has 0 aliphatic heterocycles. The van der Waals surface area contributed by atoms with Gasteiger partial charge in [-0.3, -0.25) is 9.59 Å². The Kier molecular flexibility index (Phi) is 6.05. The number of nitrogens with one attached hydrogen (secondary N) is 2. The van der Waals surface area contributed by atoms with Gasteiger partial charge < -0.3 is 10.6 Å². The van der Waals surface area contributed by atoms with Crippen molar-refractivity contribution < 1.29 is 14.0 Å². The number of carbonyl (C=O) groups excluding carboxylic acids is 2. The summed E-state index contributed by atoms with van der Waals surface area (Å²) < 4.78 is 13.5. The van der Waals surface area contributed by atoms with Crippen LogP contribution in [0.15, 0.2) is 59.1 Å². The first-order valence-corrected chi connectivity index (χ1v) is 7.60. The molecule has 0 heterocycles. The van der Waals surface area contributed by atoms with E-state index in [2.05, 4.69) is 26.6 Å². The molecule has 0 saturated carbocycles. The van der Waals surface area contributed by atoms with Crippen LogP contribution < -0.4 is 10.6 Å². The molecular weight excluding hydrogens is 363 g/mol. The molecule has 2 N–H and O–H groups in total. The Morgan fingerprint density at radius 3 is 2.48 bits per heavy atom. The second-order valence-corrected chi connectivity index (χ2v) is 5.49. The molecule has 23 heavy (non-hydrogen) atoms. The van der Waals surface area contributed by atoms with Crippen LogP contribution >= 0.6 is 15.9 Å². The van der Waals surface area contributed by atoms with Crippen LogP contribution in [-0.4, -0.2) is 18.4 Å². The molecule has 0 unspecified atom stereocenters. The van der Waals surface area contributed by atoms with E-state index in [0.29, 0.717) is 11.3 Å². The first-order valence-electron chi connectivity index (χ1n) is 6.80. The van der Waals surface area contributed by atoms with Gasteiger partial charge in [-0.05, 0) is 51.8 Å². The van der Waals surface area contributed by atoms with Crippen LogP contribution in [0.2, 0.25) is 0 Å². The number of anilines is 1. The van der Waals surface area contributed by atoms with Gasteiger partial charge in [-0.25, -0.2) is 4.39 Å². The number of amides is 2.